The van der Waals surface area contributed by atoms with E-state index in [-0.39, 0.29) is 5.91 Å². The summed E-state index contributed by atoms with van der Waals surface area (Å²) in [7, 11) is 0. The van der Waals surface area contributed by atoms with Gasteiger partial charge in [0.1, 0.15) is 0 Å². The van der Waals surface area contributed by atoms with Crippen LogP contribution < -0.4 is 0 Å². The van der Waals surface area contributed by atoms with Crippen LogP contribution in [0, 0.1) is 0 Å². The van der Waals surface area contributed by atoms with Gasteiger partial charge in [-0.2, -0.15) is 0 Å². The third-order valence-electron chi connectivity index (χ3n) is 3.66. The molecule has 0 spiro atoms. The molecule has 0 N–H and O–H groups in total. The highest BCUT2D eigenvalue weighted by atomic mass is 79.9. The molecule has 19 heavy (non-hydrogen) atoms. The van der Waals surface area contributed by atoms with E-state index in [1.54, 1.807) is 0 Å². The predicted molar refractivity (Wildman–Crippen MR) is 85.6 cm³/mol. The number of nitrogens with zero attached hydrogens (tertiary/aromatic N) is 1. The first-order valence-electron chi connectivity index (χ1n) is 6.80. The molecule has 104 valence electrons. The summed E-state index contributed by atoms with van der Waals surface area (Å²) in [6.45, 7) is 0.817. The lowest BCUT2D eigenvalue weighted by atomic mass is 10.1. The van der Waals surface area contributed by atoms with Gasteiger partial charge in [0, 0.05) is 22.4 Å². The normalized spacial score (nSPS) is 15.7. The number of halogens is 2. The number of alkyl halides is 1. The first-order valence-corrected chi connectivity index (χ1v) is 8.72. The molecule has 0 unspecified atom stereocenters. The van der Waals surface area contributed by atoms with Gasteiger partial charge in [-0.15, -0.1) is 0 Å². The summed E-state index contributed by atoms with van der Waals surface area (Å²) in [6, 6.07) is 8.47. The van der Waals surface area contributed by atoms with Crippen molar-refractivity contribution in [2.24, 2.45) is 0 Å². The minimum absolute atomic E-state index is 0.254. The SMILES string of the molecule is O=C(Cc1cccc(Br)c1)N(CCBr)C1CCCC1. The lowest BCUT2D eigenvalue weighted by Gasteiger charge is -2.28. The van der Waals surface area contributed by atoms with E-state index in [4.69, 9.17) is 0 Å². The molecule has 4 heteroatoms. The molecule has 0 bridgehead atoms. The third-order valence-corrected chi connectivity index (χ3v) is 4.50. The Morgan fingerprint density at radius 2 is 2.05 bits per heavy atom. The Kier molecular flexibility index (Phi) is 5.89. The molecule has 1 aromatic rings. The average Bonchev–Trinajstić information content (AvgIpc) is 2.89. The molecule has 2 rings (SSSR count). The molecule has 1 aliphatic rings. The standard InChI is InChI=1S/C15H19Br2NO/c16-8-9-18(14-6-1-2-7-14)15(19)11-12-4-3-5-13(17)10-12/h3-5,10,14H,1-2,6-9,11H2. The largest absolute Gasteiger partial charge is 0.339 e. The van der Waals surface area contributed by atoms with Gasteiger partial charge in [0.25, 0.3) is 0 Å². The van der Waals surface area contributed by atoms with Crippen LogP contribution in [0.25, 0.3) is 0 Å². The van der Waals surface area contributed by atoms with Crippen LogP contribution in [0.15, 0.2) is 28.7 Å². The molecule has 1 amide bonds. The maximum absolute atomic E-state index is 12.5. The van der Waals surface area contributed by atoms with Crippen LogP contribution in [0.1, 0.15) is 31.2 Å². The Balaban J connectivity index is 2.02. The summed E-state index contributed by atoms with van der Waals surface area (Å²) in [4.78, 5) is 14.6. The van der Waals surface area contributed by atoms with Crippen molar-refractivity contribution in [3.8, 4) is 0 Å². The van der Waals surface area contributed by atoms with Crippen molar-refractivity contribution in [2.75, 3.05) is 11.9 Å². The van der Waals surface area contributed by atoms with E-state index in [0.29, 0.717) is 12.5 Å². The summed E-state index contributed by atoms with van der Waals surface area (Å²) >= 11 is 6.91. The molecule has 1 saturated carbocycles. The number of hydrogen-bond donors (Lipinski definition) is 0. The van der Waals surface area contributed by atoms with E-state index in [1.165, 1.54) is 12.8 Å². The van der Waals surface area contributed by atoms with Crippen LogP contribution in [0.4, 0.5) is 0 Å². The lowest BCUT2D eigenvalue weighted by Crippen LogP contribution is -2.41. The van der Waals surface area contributed by atoms with E-state index in [2.05, 4.69) is 36.8 Å². The Hall–Kier alpha value is -0.350. The van der Waals surface area contributed by atoms with Crippen LogP contribution in [0.3, 0.4) is 0 Å². The van der Waals surface area contributed by atoms with Crippen LogP contribution >= 0.6 is 31.9 Å². The van der Waals surface area contributed by atoms with Crippen LogP contribution in [0.2, 0.25) is 0 Å². The van der Waals surface area contributed by atoms with Crippen molar-refractivity contribution in [3.05, 3.63) is 34.3 Å². The minimum Gasteiger partial charge on any atom is -0.339 e. The number of carbonyl (C=O) groups is 1. The highest BCUT2D eigenvalue weighted by Crippen LogP contribution is 2.24. The molecule has 1 fully saturated rings. The van der Waals surface area contributed by atoms with Crippen LogP contribution in [0.5, 0.6) is 0 Å². The van der Waals surface area contributed by atoms with Crippen molar-refractivity contribution < 1.29 is 4.79 Å². The Labute approximate surface area is 131 Å². The molecule has 1 aliphatic carbocycles. The fourth-order valence-electron chi connectivity index (χ4n) is 2.74. The predicted octanol–water partition coefficient (Wildman–Crippen LogP) is 4.16. The lowest BCUT2D eigenvalue weighted by molar-refractivity contribution is -0.132. The first-order chi connectivity index (χ1) is 9.20. The molecular formula is C15H19Br2NO. The maximum Gasteiger partial charge on any atom is 0.227 e. The fraction of sp³-hybridized carbons (Fsp3) is 0.533. The van der Waals surface area contributed by atoms with Gasteiger partial charge in [0.05, 0.1) is 6.42 Å². The van der Waals surface area contributed by atoms with Crippen molar-refractivity contribution in [3.63, 3.8) is 0 Å². The van der Waals surface area contributed by atoms with Crippen LogP contribution in [-0.4, -0.2) is 28.7 Å². The molecule has 0 radical (unpaired) electrons. The van der Waals surface area contributed by atoms with Gasteiger partial charge in [-0.1, -0.05) is 56.8 Å². The highest BCUT2D eigenvalue weighted by Gasteiger charge is 2.25. The second kappa shape index (κ2) is 7.44. The van der Waals surface area contributed by atoms with E-state index < -0.39 is 0 Å². The van der Waals surface area contributed by atoms with Gasteiger partial charge >= 0.3 is 0 Å². The molecule has 0 aliphatic heterocycles. The smallest absolute Gasteiger partial charge is 0.227 e. The number of hydrogen-bond acceptors (Lipinski definition) is 1. The number of amides is 1. The zero-order chi connectivity index (χ0) is 13.7. The Morgan fingerprint density at radius 3 is 2.68 bits per heavy atom. The van der Waals surface area contributed by atoms with Gasteiger partial charge in [-0.05, 0) is 30.5 Å². The highest BCUT2D eigenvalue weighted by molar-refractivity contribution is 9.10. The zero-order valence-electron chi connectivity index (χ0n) is 10.9. The molecule has 0 atom stereocenters. The molecule has 0 aromatic heterocycles. The fourth-order valence-corrected chi connectivity index (χ4v) is 3.57. The quantitative estimate of drug-likeness (QED) is 0.693. The number of carbonyl (C=O) groups excluding carboxylic acids is 1. The van der Waals surface area contributed by atoms with E-state index in [1.807, 2.05) is 24.3 Å². The van der Waals surface area contributed by atoms with Crippen molar-refractivity contribution >= 4 is 37.8 Å². The molecular weight excluding hydrogens is 370 g/mol. The van der Waals surface area contributed by atoms with Crippen molar-refractivity contribution in [2.45, 2.75) is 38.1 Å². The first kappa shape index (κ1) is 15.0. The molecule has 2 nitrogen and oxygen atoms in total. The second-order valence-corrected chi connectivity index (χ2v) is 6.73. The van der Waals surface area contributed by atoms with E-state index in [9.17, 15) is 4.79 Å². The monoisotopic (exact) mass is 387 g/mol. The molecule has 1 aromatic carbocycles. The summed E-state index contributed by atoms with van der Waals surface area (Å²) in [5.41, 5.74) is 1.08. The summed E-state index contributed by atoms with van der Waals surface area (Å²) in [5, 5.41) is 0.855. The van der Waals surface area contributed by atoms with Gasteiger partial charge in [-0.3, -0.25) is 4.79 Å². The van der Waals surface area contributed by atoms with Gasteiger partial charge < -0.3 is 4.90 Å². The Morgan fingerprint density at radius 1 is 1.32 bits per heavy atom. The van der Waals surface area contributed by atoms with Gasteiger partial charge in [0.15, 0.2) is 0 Å². The summed E-state index contributed by atoms with van der Waals surface area (Å²) < 4.78 is 1.03. The second-order valence-electron chi connectivity index (χ2n) is 5.02. The molecule has 0 heterocycles. The van der Waals surface area contributed by atoms with Crippen LogP contribution in [-0.2, 0) is 11.2 Å². The van der Waals surface area contributed by atoms with Gasteiger partial charge in [-0.25, -0.2) is 0 Å². The third kappa shape index (κ3) is 4.32. The maximum atomic E-state index is 12.5. The zero-order valence-corrected chi connectivity index (χ0v) is 14.1. The summed E-state index contributed by atoms with van der Waals surface area (Å²) in [5.74, 6) is 0.254. The van der Waals surface area contributed by atoms with Crippen molar-refractivity contribution in [1.82, 2.24) is 4.90 Å². The van der Waals surface area contributed by atoms with E-state index >= 15 is 0 Å². The number of benzene rings is 1. The van der Waals surface area contributed by atoms with Gasteiger partial charge in [0.2, 0.25) is 5.91 Å². The van der Waals surface area contributed by atoms with Crippen molar-refractivity contribution in [1.29, 1.82) is 0 Å². The average molecular weight is 389 g/mol. The molecule has 0 saturated heterocycles. The topological polar surface area (TPSA) is 20.3 Å². The minimum atomic E-state index is 0.254. The van der Waals surface area contributed by atoms with E-state index in [0.717, 1.165) is 34.8 Å². The Bertz CT molecular complexity index is 430. The summed E-state index contributed by atoms with van der Waals surface area (Å²) in [6.07, 6.45) is 5.35. The number of rotatable bonds is 5.